The molecule has 3 aromatic carbocycles. The molecule has 156 valence electrons. The van der Waals surface area contributed by atoms with E-state index < -0.39 is 10.8 Å². The number of carbonyl (C=O) groups is 1. The maximum atomic E-state index is 12.4. The number of nitrogens with zero attached hydrogens (tertiary/aromatic N) is 1. The fourth-order valence-electron chi connectivity index (χ4n) is 3.32. The van der Waals surface area contributed by atoms with Gasteiger partial charge in [-0.1, -0.05) is 58.4 Å². The second-order valence-electron chi connectivity index (χ2n) is 6.76. The molecule has 0 unspecified atom stereocenters. The number of halogens is 1. The Morgan fingerprint density at radius 2 is 1.74 bits per heavy atom. The summed E-state index contributed by atoms with van der Waals surface area (Å²) in [6.07, 6.45) is 0. The van der Waals surface area contributed by atoms with Crippen molar-refractivity contribution in [3.8, 4) is 11.3 Å². The Labute approximate surface area is 191 Å². The third-order valence-corrected chi connectivity index (χ3v) is 6.42. The Hall–Kier alpha value is -3.10. The van der Waals surface area contributed by atoms with Crippen LogP contribution in [-0.4, -0.2) is 28.1 Å². The molecule has 0 saturated heterocycles. The molecule has 0 aliphatic rings. The molecule has 0 fully saturated rings. The van der Waals surface area contributed by atoms with E-state index >= 15 is 0 Å². The van der Waals surface area contributed by atoms with Crippen molar-refractivity contribution in [1.82, 2.24) is 10.3 Å². The molecule has 0 aliphatic heterocycles. The van der Waals surface area contributed by atoms with Crippen LogP contribution in [0.25, 0.3) is 22.2 Å². The molecule has 0 radical (unpaired) electrons. The first-order chi connectivity index (χ1) is 15.0. The van der Waals surface area contributed by atoms with Gasteiger partial charge in [-0.3, -0.25) is 14.9 Å². The number of thioether (sulfide) groups is 1. The Balaban J connectivity index is 1.49. The molecule has 0 saturated carbocycles. The van der Waals surface area contributed by atoms with Crippen molar-refractivity contribution in [2.45, 2.75) is 4.90 Å². The number of rotatable bonds is 7. The highest BCUT2D eigenvalue weighted by Gasteiger charge is 2.19. The van der Waals surface area contributed by atoms with Crippen LogP contribution in [0, 0.1) is 10.1 Å². The molecule has 0 spiro atoms. The Kier molecular flexibility index (Phi) is 6.39. The van der Waals surface area contributed by atoms with Crippen molar-refractivity contribution >= 4 is 50.2 Å². The van der Waals surface area contributed by atoms with Crippen LogP contribution in [0.3, 0.4) is 0 Å². The maximum Gasteiger partial charge on any atom is 0.282 e. The lowest BCUT2D eigenvalue weighted by atomic mass is 10.1. The molecular weight excluding hydrogens is 478 g/mol. The first kappa shape index (κ1) is 21.1. The summed E-state index contributed by atoms with van der Waals surface area (Å²) in [4.78, 5) is 27.6. The number of para-hydroxylation sites is 2. The van der Waals surface area contributed by atoms with E-state index in [4.69, 9.17) is 0 Å². The van der Waals surface area contributed by atoms with Crippen molar-refractivity contribution in [2.75, 3.05) is 12.3 Å². The van der Waals surface area contributed by atoms with Crippen molar-refractivity contribution in [3.05, 3.63) is 92.9 Å². The number of benzene rings is 3. The molecule has 1 heterocycles. The summed E-state index contributed by atoms with van der Waals surface area (Å²) in [5, 5.41) is 15.1. The number of nitrogens with one attached hydrogen (secondary N) is 2. The molecule has 0 atom stereocenters. The number of hydrogen-bond acceptors (Lipinski definition) is 4. The van der Waals surface area contributed by atoms with Crippen molar-refractivity contribution < 1.29 is 9.72 Å². The van der Waals surface area contributed by atoms with Crippen molar-refractivity contribution in [2.24, 2.45) is 0 Å². The van der Waals surface area contributed by atoms with Gasteiger partial charge in [-0.25, -0.2) is 0 Å². The summed E-state index contributed by atoms with van der Waals surface area (Å²) in [7, 11) is 0. The predicted molar refractivity (Wildman–Crippen MR) is 128 cm³/mol. The third kappa shape index (κ3) is 4.65. The minimum absolute atomic E-state index is 0.0696. The summed E-state index contributed by atoms with van der Waals surface area (Å²) in [6, 6.07) is 22.2. The van der Waals surface area contributed by atoms with Gasteiger partial charge in [0.1, 0.15) is 5.56 Å². The molecule has 4 rings (SSSR count). The molecule has 1 aromatic heterocycles. The third-order valence-electron chi connectivity index (χ3n) is 4.77. The van der Waals surface area contributed by atoms with Gasteiger partial charge < -0.3 is 10.3 Å². The van der Waals surface area contributed by atoms with Crippen molar-refractivity contribution in [3.63, 3.8) is 0 Å². The van der Waals surface area contributed by atoms with E-state index in [1.165, 1.54) is 12.1 Å². The SMILES string of the molecule is O=C(NCCSc1c(-c2ccc(Br)cc2)[nH]c2ccccc12)c1ccccc1[N+](=O)[O-]. The average Bonchev–Trinajstić information content (AvgIpc) is 3.15. The molecule has 31 heavy (non-hydrogen) atoms. The lowest BCUT2D eigenvalue weighted by Gasteiger charge is -2.08. The smallest absolute Gasteiger partial charge is 0.282 e. The Morgan fingerprint density at radius 1 is 1.03 bits per heavy atom. The van der Waals surface area contributed by atoms with Gasteiger partial charge in [0.2, 0.25) is 0 Å². The quantitative estimate of drug-likeness (QED) is 0.142. The molecule has 0 aliphatic carbocycles. The van der Waals surface area contributed by atoms with E-state index in [2.05, 4.69) is 44.4 Å². The van der Waals surface area contributed by atoms with E-state index in [-0.39, 0.29) is 11.3 Å². The number of H-pyrrole nitrogens is 1. The number of nitro benzene ring substituents is 1. The first-order valence-electron chi connectivity index (χ1n) is 9.55. The van der Waals surface area contributed by atoms with Gasteiger partial charge in [-0.05, 0) is 29.8 Å². The molecule has 6 nitrogen and oxygen atoms in total. The van der Waals surface area contributed by atoms with Gasteiger partial charge in [0.05, 0.1) is 10.6 Å². The lowest BCUT2D eigenvalue weighted by molar-refractivity contribution is -0.385. The second-order valence-corrected chi connectivity index (χ2v) is 8.78. The molecular formula is C23H18BrN3O3S. The van der Waals surface area contributed by atoms with Crippen LogP contribution in [0.15, 0.2) is 82.2 Å². The zero-order valence-electron chi connectivity index (χ0n) is 16.3. The fourth-order valence-corrected chi connectivity index (χ4v) is 4.64. The van der Waals surface area contributed by atoms with Crippen molar-refractivity contribution in [1.29, 1.82) is 0 Å². The normalized spacial score (nSPS) is 10.9. The van der Waals surface area contributed by atoms with Gasteiger partial charge in [-0.15, -0.1) is 11.8 Å². The van der Waals surface area contributed by atoms with E-state index in [0.29, 0.717) is 12.3 Å². The summed E-state index contributed by atoms with van der Waals surface area (Å²) >= 11 is 5.11. The summed E-state index contributed by atoms with van der Waals surface area (Å²) in [6.45, 7) is 0.384. The molecule has 0 bridgehead atoms. The zero-order valence-corrected chi connectivity index (χ0v) is 18.7. The van der Waals surface area contributed by atoms with Crippen LogP contribution >= 0.6 is 27.7 Å². The second kappa shape index (κ2) is 9.36. The van der Waals surface area contributed by atoms with Gasteiger partial charge in [0, 0.05) is 38.6 Å². The predicted octanol–water partition coefficient (Wildman–Crippen LogP) is 6.03. The number of nitro groups is 1. The highest BCUT2D eigenvalue weighted by atomic mass is 79.9. The number of aromatic nitrogens is 1. The van der Waals surface area contributed by atoms with Gasteiger partial charge in [0.25, 0.3) is 11.6 Å². The first-order valence-corrected chi connectivity index (χ1v) is 11.3. The summed E-state index contributed by atoms with van der Waals surface area (Å²) in [5.41, 5.74) is 3.03. The highest BCUT2D eigenvalue weighted by molar-refractivity contribution is 9.10. The van der Waals surface area contributed by atoms with E-state index in [9.17, 15) is 14.9 Å². The van der Waals surface area contributed by atoms with Gasteiger partial charge >= 0.3 is 0 Å². The Bertz CT molecular complexity index is 1250. The van der Waals surface area contributed by atoms with Crippen LogP contribution < -0.4 is 5.32 Å². The summed E-state index contributed by atoms with van der Waals surface area (Å²) < 4.78 is 1.01. The lowest BCUT2D eigenvalue weighted by Crippen LogP contribution is -2.26. The highest BCUT2D eigenvalue weighted by Crippen LogP contribution is 2.37. The molecule has 4 aromatic rings. The number of amides is 1. The fraction of sp³-hybridized carbons (Fsp3) is 0.0870. The van der Waals surface area contributed by atoms with Gasteiger partial charge in [0.15, 0.2) is 0 Å². The van der Waals surface area contributed by atoms with E-state index in [1.807, 2.05) is 30.3 Å². The molecule has 2 N–H and O–H groups in total. The number of carbonyl (C=O) groups excluding carboxylic acids is 1. The summed E-state index contributed by atoms with van der Waals surface area (Å²) in [5.74, 6) is 0.178. The monoisotopic (exact) mass is 495 g/mol. The minimum Gasteiger partial charge on any atom is -0.354 e. The van der Waals surface area contributed by atoms with Crippen LogP contribution in [-0.2, 0) is 0 Å². The van der Waals surface area contributed by atoms with Crippen LogP contribution in [0.2, 0.25) is 0 Å². The van der Waals surface area contributed by atoms with Crippen LogP contribution in [0.4, 0.5) is 5.69 Å². The minimum atomic E-state index is -0.542. The number of aromatic amines is 1. The van der Waals surface area contributed by atoms with Gasteiger partial charge in [-0.2, -0.15) is 0 Å². The standard InChI is InChI=1S/C23H18BrN3O3S/c24-16-11-9-15(10-12-16)21-22(17-5-1-3-7-19(17)26-21)31-14-13-25-23(28)18-6-2-4-8-20(18)27(29)30/h1-12,26H,13-14H2,(H,25,28). The van der Waals surface area contributed by atoms with Crippen LogP contribution in [0.5, 0.6) is 0 Å². The zero-order chi connectivity index (χ0) is 21.8. The van der Waals surface area contributed by atoms with E-state index in [0.717, 1.165) is 31.5 Å². The average molecular weight is 496 g/mol. The Morgan fingerprint density at radius 3 is 2.52 bits per heavy atom. The molecule has 1 amide bonds. The largest absolute Gasteiger partial charge is 0.354 e. The maximum absolute atomic E-state index is 12.4. The number of fused-ring (bicyclic) bond motifs is 1. The topological polar surface area (TPSA) is 88.0 Å². The molecule has 8 heteroatoms. The number of hydrogen-bond donors (Lipinski definition) is 2. The van der Waals surface area contributed by atoms with Crippen LogP contribution in [0.1, 0.15) is 10.4 Å². The van der Waals surface area contributed by atoms with E-state index in [1.54, 1.807) is 23.9 Å².